The van der Waals surface area contributed by atoms with Gasteiger partial charge in [0.1, 0.15) is 31.0 Å². The Labute approximate surface area is 228 Å². The molecule has 1 aromatic carbocycles. The second-order valence-corrected chi connectivity index (χ2v) is 10.6. The molecular formula is C28H40N2O9. The molecule has 0 saturated carbocycles. The summed E-state index contributed by atoms with van der Waals surface area (Å²) in [6.45, 7) is 8.80. The molecule has 0 bridgehead atoms. The Morgan fingerprint density at radius 2 is 1.82 bits per heavy atom. The maximum absolute atomic E-state index is 11.9. The Hall–Kier alpha value is -2.70. The summed E-state index contributed by atoms with van der Waals surface area (Å²) < 4.78 is 29.4. The minimum absolute atomic E-state index is 0.0474. The number of carbonyl (C=O) groups is 1. The highest BCUT2D eigenvalue weighted by atomic mass is 16.7. The Morgan fingerprint density at radius 1 is 1.10 bits per heavy atom. The van der Waals surface area contributed by atoms with Gasteiger partial charge in [-0.2, -0.15) is 0 Å². The summed E-state index contributed by atoms with van der Waals surface area (Å²) in [6.07, 6.45) is -5.83. The Morgan fingerprint density at radius 3 is 2.46 bits per heavy atom. The van der Waals surface area contributed by atoms with E-state index in [1.807, 2.05) is 25.5 Å². The highest BCUT2D eigenvalue weighted by molar-refractivity contribution is 5.59. The number of aryl methyl sites for hydroxylation is 1. The van der Waals surface area contributed by atoms with E-state index in [0.29, 0.717) is 19.6 Å². The van der Waals surface area contributed by atoms with Crippen LogP contribution in [0.15, 0.2) is 24.3 Å². The Balaban J connectivity index is 1.53. The molecule has 11 nitrogen and oxygen atoms in total. The molecule has 0 aliphatic carbocycles. The van der Waals surface area contributed by atoms with Crippen LogP contribution < -0.4 is 4.74 Å². The van der Waals surface area contributed by atoms with Gasteiger partial charge in [-0.15, -0.1) is 5.10 Å². The third kappa shape index (κ3) is 7.09. The highest BCUT2D eigenvalue weighted by Crippen LogP contribution is 2.32. The van der Waals surface area contributed by atoms with Crippen LogP contribution in [0.5, 0.6) is 5.88 Å². The van der Waals surface area contributed by atoms with Crippen LogP contribution in [-0.4, -0.2) is 88.4 Å². The van der Waals surface area contributed by atoms with Crippen LogP contribution in [0.3, 0.4) is 0 Å². The third-order valence-electron chi connectivity index (χ3n) is 7.10. The minimum atomic E-state index is -1.60. The lowest BCUT2D eigenvalue weighted by atomic mass is 9.99. The average Bonchev–Trinajstić information content (AvgIpc) is 3.56. The number of ether oxygens (including phenoxy) is 5. The van der Waals surface area contributed by atoms with E-state index in [1.54, 1.807) is 0 Å². The van der Waals surface area contributed by atoms with Gasteiger partial charge in [0.15, 0.2) is 0 Å². The molecule has 2 fully saturated rings. The zero-order chi connectivity index (χ0) is 28.1. The molecule has 4 rings (SSSR count). The van der Waals surface area contributed by atoms with E-state index in [0.717, 1.165) is 29.7 Å². The van der Waals surface area contributed by atoms with Crippen molar-refractivity contribution in [3.05, 3.63) is 46.6 Å². The number of aromatic nitrogens is 2. The monoisotopic (exact) mass is 548 g/mol. The molecule has 0 amide bonds. The molecule has 216 valence electrons. The lowest BCUT2D eigenvalue weighted by molar-refractivity contribution is -0.278. The quantitative estimate of drug-likeness (QED) is 0.379. The van der Waals surface area contributed by atoms with Crippen LogP contribution in [0.4, 0.5) is 4.79 Å². The number of aliphatic hydroxyl groups excluding tert-OH is 3. The van der Waals surface area contributed by atoms with Crippen LogP contribution in [0.25, 0.3) is 0 Å². The van der Waals surface area contributed by atoms with E-state index in [1.165, 1.54) is 5.56 Å². The van der Waals surface area contributed by atoms with Crippen LogP contribution in [0.2, 0.25) is 0 Å². The summed E-state index contributed by atoms with van der Waals surface area (Å²) in [6, 6.07) is 8.35. The lowest BCUT2D eigenvalue weighted by Gasteiger charge is -2.39. The summed E-state index contributed by atoms with van der Waals surface area (Å²) in [5.41, 5.74) is 4.01. The SMILES string of the molecule is CCc1ccc(Cc2c(O[C@@H]3O[C@H](COC(=O)OCC(C)C)[C@@H](O)[C@H](O)[C@H]3O)nn(C3CCOC3)c2C)cc1. The second kappa shape index (κ2) is 13.1. The molecule has 39 heavy (non-hydrogen) atoms. The Bertz CT molecular complexity index is 1080. The zero-order valence-electron chi connectivity index (χ0n) is 23.0. The van der Waals surface area contributed by atoms with E-state index < -0.39 is 43.5 Å². The van der Waals surface area contributed by atoms with Gasteiger partial charge in [0.25, 0.3) is 0 Å². The van der Waals surface area contributed by atoms with Crippen LogP contribution in [0.1, 0.15) is 55.6 Å². The van der Waals surface area contributed by atoms with Gasteiger partial charge in [-0.3, -0.25) is 4.68 Å². The maximum Gasteiger partial charge on any atom is 0.508 e. The van der Waals surface area contributed by atoms with Crippen LogP contribution in [0, 0.1) is 12.8 Å². The van der Waals surface area contributed by atoms with E-state index in [9.17, 15) is 20.1 Å². The van der Waals surface area contributed by atoms with E-state index in [4.69, 9.17) is 28.8 Å². The second-order valence-electron chi connectivity index (χ2n) is 10.6. The van der Waals surface area contributed by atoms with Gasteiger partial charge in [-0.1, -0.05) is 45.0 Å². The average molecular weight is 549 g/mol. The molecule has 2 saturated heterocycles. The van der Waals surface area contributed by atoms with Gasteiger partial charge in [0.2, 0.25) is 12.2 Å². The predicted molar refractivity (Wildman–Crippen MR) is 140 cm³/mol. The minimum Gasteiger partial charge on any atom is -0.443 e. The molecule has 2 aliphatic rings. The van der Waals surface area contributed by atoms with Gasteiger partial charge >= 0.3 is 6.16 Å². The number of nitrogens with zero attached hydrogens (tertiary/aromatic N) is 2. The van der Waals surface area contributed by atoms with Crippen molar-refractivity contribution in [3.8, 4) is 5.88 Å². The first kappa shape index (κ1) is 29.3. The van der Waals surface area contributed by atoms with Crippen molar-refractivity contribution in [2.45, 2.75) is 83.7 Å². The first-order valence-electron chi connectivity index (χ1n) is 13.6. The Kier molecular flexibility index (Phi) is 9.84. The summed E-state index contributed by atoms with van der Waals surface area (Å²) in [5, 5.41) is 36.4. The molecule has 2 aliphatic heterocycles. The molecule has 3 N–H and O–H groups in total. The molecular weight excluding hydrogens is 508 g/mol. The smallest absolute Gasteiger partial charge is 0.443 e. The van der Waals surface area contributed by atoms with E-state index >= 15 is 0 Å². The topological polar surface area (TPSA) is 142 Å². The van der Waals surface area contributed by atoms with Gasteiger partial charge in [0, 0.05) is 24.3 Å². The van der Waals surface area contributed by atoms with Crippen molar-refractivity contribution in [3.63, 3.8) is 0 Å². The molecule has 1 unspecified atom stereocenters. The largest absolute Gasteiger partial charge is 0.508 e. The zero-order valence-corrected chi connectivity index (χ0v) is 23.0. The number of hydrogen-bond donors (Lipinski definition) is 3. The van der Waals surface area contributed by atoms with E-state index in [2.05, 4.69) is 31.2 Å². The first-order chi connectivity index (χ1) is 18.7. The molecule has 6 atom stereocenters. The molecule has 2 aromatic rings. The van der Waals surface area contributed by atoms with Crippen LogP contribution in [-0.2, 0) is 31.8 Å². The van der Waals surface area contributed by atoms with Crippen molar-refractivity contribution in [2.75, 3.05) is 26.4 Å². The number of carbonyl (C=O) groups excluding carboxylic acids is 1. The fourth-order valence-corrected chi connectivity index (χ4v) is 4.68. The van der Waals surface area contributed by atoms with Gasteiger partial charge in [-0.05, 0) is 36.8 Å². The molecule has 0 spiro atoms. The number of aliphatic hydroxyl groups is 3. The van der Waals surface area contributed by atoms with Gasteiger partial charge in [-0.25, -0.2) is 4.79 Å². The first-order valence-corrected chi connectivity index (χ1v) is 13.6. The number of hydrogen-bond acceptors (Lipinski definition) is 10. The highest BCUT2D eigenvalue weighted by Gasteiger charge is 2.46. The summed E-state index contributed by atoms with van der Waals surface area (Å²) in [5.74, 6) is 0.379. The van der Waals surface area contributed by atoms with Crippen molar-refractivity contribution in [1.82, 2.24) is 9.78 Å². The third-order valence-corrected chi connectivity index (χ3v) is 7.10. The predicted octanol–water partition coefficient (Wildman–Crippen LogP) is 2.30. The van der Waals surface area contributed by atoms with Gasteiger partial charge < -0.3 is 39.0 Å². The molecule has 0 radical (unpaired) electrons. The molecule has 1 aromatic heterocycles. The fraction of sp³-hybridized carbons (Fsp3) is 0.643. The summed E-state index contributed by atoms with van der Waals surface area (Å²) in [4.78, 5) is 11.9. The summed E-state index contributed by atoms with van der Waals surface area (Å²) >= 11 is 0. The van der Waals surface area contributed by atoms with Crippen LogP contribution >= 0.6 is 0 Å². The van der Waals surface area contributed by atoms with Crippen molar-refractivity contribution in [1.29, 1.82) is 0 Å². The van der Waals surface area contributed by atoms with Crippen molar-refractivity contribution < 1.29 is 43.8 Å². The maximum atomic E-state index is 11.9. The standard InChI is InChI=1S/C28H40N2O9/c1-5-18-6-8-19(9-7-18)12-21-17(4)30(20-10-11-35-14-20)29-26(21)39-27-25(33)24(32)23(31)22(38-27)15-37-28(34)36-13-16(2)3/h6-9,16,20,22-25,27,31-33H,5,10-15H2,1-4H3/t20?,22-,23-,24+,25-,27+/m1/s1. The fourth-order valence-electron chi connectivity index (χ4n) is 4.68. The summed E-state index contributed by atoms with van der Waals surface area (Å²) in [7, 11) is 0. The van der Waals surface area contributed by atoms with Crippen molar-refractivity contribution in [2.24, 2.45) is 5.92 Å². The lowest BCUT2D eigenvalue weighted by Crippen LogP contribution is -2.60. The number of benzene rings is 1. The normalized spacial score (nSPS) is 27.1. The number of rotatable bonds is 10. The molecule has 11 heteroatoms. The van der Waals surface area contributed by atoms with Gasteiger partial charge in [0.05, 0.1) is 19.3 Å². The molecule has 3 heterocycles. The van der Waals surface area contributed by atoms with E-state index in [-0.39, 0.29) is 24.4 Å². The van der Waals surface area contributed by atoms with Crippen molar-refractivity contribution >= 4 is 6.16 Å².